The van der Waals surface area contributed by atoms with Gasteiger partial charge in [-0.2, -0.15) is 0 Å². The van der Waals surface area contributed by atoms with Gasteiger partial charge in [0, 0.05) is 0 Å². The molecule has 0 spiro atoms. The molecule has 0 saturated heterocycles. The molecule has 3 N–H and O–H groups in total. The first kappa shape index (κ1) is 26.1. The predicted molar refractivity (Wildman–Crippen MR) is 109 cm³/mol. The second-order valence-corrected chi connectivity index (χ2v) is 8.41. The van der Waals surface area contributed by atoms with Gasteiger partial charge in [-0.05, 0) is 58.2 Å². The lowest BCUT2D eigenvalue weighted by atomic mass is 10.0. The number of quaternary nitrogens is 1. The highest BCUT2D eigenvalue weighted by Crippen LogP contribution is 2.13. The first-order valence-electron chi connectivity index (χ1n) is 10.1. The maximum atomic E-state index is 5.40. The zero-order chi connectivity index (χ0) is 19.0. The molecule has 0 aliphatic carbocycles. The van der Waals surface area contributed by atoms with E-state index in [-0.39, 0.29) is 0 Å². The summed E-state index contributed by atoms with van der Waals surface area (Å²) in [6.07, 6.45) is 10.7. The average molecular weight is 348 g/mol. The first-order valence-corrected chi connectivity index (χ1v) is 10.1. The Balaban J connectivity index is 0. The van der Waals surface area contributed by atoms with Gasteiger partial charge in [0.15, 0.2) is 0 Å². The molecule has 2 atom stereocenters. The molecule has 0 fully saturated rings. The molecule has 0 rings (SSSR count). The summed E-state index contributed by atoms with van der Waals surface area (Å²) in [5.41, 5.74) is 2.78. The van der Waals surface area contributed by atoms with Gasteiger partial charge in [-0.25, -0.2) is 10.4 Å². The SMILES string of the molecule is CCCC(C)CCC[15N+](C)(C)NN.CCCC(C)CCC[15N](C)C. The van der Waals surface area contributed by atoms with Crippen molar-refractivity contribution in [3.63, 3.8) is 0 Å². The summed E-state index contributed by atoms with van der Waals surface area (Å²) in [6.45, 7) is 11.6. The molecule has 24 heavy (non-hydrogen) atoms. The van der Waals surface area contributed by atoms with Crippen LogP contribution in [0.5, 0.6) is 0 Å². The van der Waals surface area contributed by atoms with Crippen molar-refractivity contribution < 1.29 is 4.59 Å². The van der Waals surface area contributed by atoms with Crippen LogP contribution in [-0.4, -0.2) is 50.8 Å². The third-order valence-corrected chi connectivity index (χ3v) is 4.63. The molecule has 0 saturated carbocycles. The number of rotatable bonds is 13. The Bertz CT molecular complexity index is 254. The molecular formula is C20H49N4+. The largest absolute Gasteiger partial charge is 0.309 e. The minimum absolute atomic E-state index is 0.707. The van der Waals surface area contributed by atoms with Crippen molar-refractivity contribution in [3.05, 3.63) is 0 Å². The second kappa shape index (κ2) is 16.3. The van der Waals surface area contributed by atoms with Crippen molar-refractivity contribution in [1.82, 2.24) is 10.4 Å². The van der Waals surface area contributed by atoms with Gasteiger partial charge in [-0.1, -0.05) is 53.4 Å². The van der Waals surface area contributed by atoms with Gasteiger partial charge < -0.3 is 4.90 Å². The van der Waals surface area contributed by atoms with Gasteiger partial charge in [0.2, 0.25) is 0 Å². The lowest BCUT2D eigenvalue weighted by Gasteiger charge is -2.27. The summed E-state index contributed by atoms with van der Waals surface area (Å²) in [4.78, 5) is 2.26. The van der Waals surface area contributed by atoms with E-state index < -0.39 is 0 Å². The minimum atomic E-state index is 0.707. The molecule has 2 unspecified atom stereocenters. The molecule has 4 heteroatoms. The average Bonchev–Trinajstić information content (AvgIpc) is 2.48. The van der Waals surface area contributed by atoms with Gasteiger partial charge in [0.25, 0.3) is 0 Å². The fourth-order valence-corrected chi connectivity index (χ4v) is 2.93. The second-order valence-electron chi connectivity index (χ2n) is 8.41. The maximum Gasteiger partial charge on any atom is 0.0969 e. The molecule has 0 aliphatic heterocycles. The van der Waals surface area contributed by atoms with Gasteiger partial charge in [-0.15, -0.1) is 5.53 Å². The Morgan fingerprint density at radius 1 is 0.875 bits per heavy atom. The first-order chi connectivity index (χ1) is 11.2. The van der Waals surface area contributed by atoms with E-state index in [1.807, 2.05) is 0 Å². The third-order valence-electron chi connectivity index (χ3n) is 4.63. The lowest BCUT2D eigenvalue weighted by molar-refractivity contribution is -0.935. The molecule has 0 amide bonds. The smallest absolute Gasteiger partial charge is 0.0969 e. The number of nitrogens with two attached hydrogens (primary N) is 1. The molecule has 0 aromatic heterocycles. The number of nitrogens with one attached hydrogen (secondary N) is 1. The van der Waals surface area contributed by atoms with Crippen molar-refractivity contribution in [3.8, 4) is 0 Å². The van der Waals surface area contributed by atoms with Crippen molar-refractivity contribution in [2.75, 3.05) is 41.3 Å². The van der Waals surface area contributed by atoms with Crippen LogP contribution in [0.3, 0.4) is 0 Å². The summed E-state index contributed by atoms with van der Waals surface area (Å²) in [7, 11) is 8.46. The molecule has 0 radical (unpaired) electrons. The zero-order valence-electron chi connectivity index (χ0n) is 18.2. The predicted octanol–water partition coefficient (Wildman–Crippen LogP) is 4.42. The normalized spacial score (nSPS) is 14.2. The van der Waals surface area contributed by atoms with E-state index in [4.69, 9.17) is 5.84 Å². The van der Waals surface area contributed by atoms with Crippen LogP contribution >= 0.6 is 0 Å². The molecule has 0 aromatic rings. The summed E-state index contributed by atoms with van der Waals surface area (Å²) in [5.74, 6) is 7.20. The van der Waals surface area contributed by atoms with Crippen LogP contribution in [0.4, 0.5) is 0 Å². The molecule has 0 aromatic carbocycles. The van der Waals surface area contributed by atoms with Crippen LogP contribution in [0.25, 0.3) is 0 Å². The Kier molecular flexibility index (Phi) is 17.7. The fourth-order valence-electron chi connectivity index (χ4n) is 2.93. The molecule has 148 valence electrons. The molecule has 0 heterocycles. The molecular weight excluding hydrogens is 298 g/mol. The van der Waals surface area contributed by atoms with Crippen LogP contribution in [0.1, 0.15) is 79.1 Å². The fraction of sp³-hybridized carbons (Fsp3) is 1.00. The Morgan fingerprint density at radius 2 is 1.33 bits per heavy atom. The van der Waals surface area contributed by atoms with Crippen molar-refractivity contribution in [1.29, 1.82) is 0 Å². The van der Waals surface area contributed by atoms with Crippen LogP contribution in [0.2, 0.25) is 0 Å². The summed E-state index contributed by atoms with van der Waals surface area (Å²) >= 11 is 0. The summed E-state index contributed by atoms with van der Waals surface area (Å²) in [5, 5.41) is 0. The highest BCUT2D eigenvalue weighted by Gasteiger charge is 2.12. The van der Waals surface area contributed by atoms with Gasteiger partial charge in [-0.3, -0.25) is 0 Å². The quantitative estimate of drug-likeness (QED) is 0.224. The monoisotopic (exact) mass is 347 g/mol. The van der Waals surface area contributed by atoms with Crippen LogP contribution < -0.4 is 11.4 Å². The molecule has 4 nitrogen and oxygen atoms in total. The highest BCUT2D eigenvalue weighted by atomic mass is 16.3. The topological polar surface area (TPSA) is 41.3 Å². The van der Waals surface area contributed by atoms with E-state index in [0.717, 1.165) is 18.4 Å². The van der Waals surface area contributed by atoms with E-state index in [0.29, 0.717) is 4.59 Å². The number of hydrogen-bond acceptors (Lipinski definition) is 3. The van der Waals surface area contributed by atoms with Crippen LogP contribution in [-0.2, 0) is 0 Å². The van der Waals surface area contributed by atoms with Crippen LogP contribution in [0, 0.1) is 11.8 Å². The van der Waals surface area contributed by atoms with E-state index in [1.165, 1.54) is 57.9 Å². The Morgan fingerprint density at radius 3 is 1.71 bits per heavy atom. The Labute approximate surface area is 153 Å². The van der Waals surface area contributed by atoms with E-state index >= 15 is 0 Å². The van der Waals surface area contributed by atoms with E-state index in [9.17, 15) is 0 Å². The van der Waals surface area contributed by atoms with Gasteiger partial charge in [0.05, 0.1) is 20.6 Å². The van der Waals surface area contributed by atoms with Crippen molar-refractivity contribution >= 4 is 0 Å². The summed E-state index contributed by atoms with van der Waals surface area (Å²) in [6, 6.07) is 0. The zero-order valence-corrected chi connectivity index (χ0v) is 18.2. The van der Waals surface area contributed by atoms with Gasteiger partial charge >= 0.3 is 0 Å². The molecule has 0 aliphatic rings. The number of hydrazine groups is 1. The standard InChI is InChI=1S/C10H26N3.C10H23N/c1-5-7-10(2)8-6-9-13(3,4)12-11;1-5-7-10(2)8-6-9-11(3)4/h10,12H,5-9,11H2,1-4H3;10H,5-9H2,1-4H3/q+1;/i13+1;11+1. The van der Waals surface area contributed by atoms with Gasteiger partial charge in [0.1, 0.15) is 0 Å². The number of hydrogen-bond donors (Lipinski definition) is 2. The van der Waals surface area contributed by atoms with E-state index in [2.05, 4.69) is 66.3 Å². The summed E-state index contributed by atoms with van der Waals surface area (Å²) < 4.78 is 0.707. The molecule has 0 bridgehead atoms. The Hall–Kier alpha value is -0.160. The highest BCUT2D eigenvalue weighted by molar-refractivity contribution is 4.54. The van der Waals surface area contributed by atoms with Crippen molar-refractivity contribution in [2.45, 2.75) is 79.1 Å². The lowest BCUT2D eigenvalue weighted by Crippen LogP contribution is -2.55. The minimum Gasteiger partial charge on any atom is -0.309 e. The van der Waals surface area contributed by atoms with Crippen LogP contribution in [0.15, 0.2) is 0 Å². The third kappa shape index (κ3) is 19.9. The maximum absolute atomic E-state index is 5.40. The van der Waals surface area contributed by atoms with Crippen molar-refractivity contribution in [2.24, 2.45) is 17.7 Å². The number of nitrogens with zero attached hydrogens (tertiary/aromatic N) is 2. The van der Waals surface area contributed by atoms with E-state index in [1.54, 1.807) is 0 Å².